The first-order chi connectivity index (χ1) is 8.15. The molecule has 0 radical (unpaired) electrons. The van der Waals surface area contributed by atoms with E-state index in [9.17, 15) is 0 Å². The Morgan fingerprint density at radius 2 is 1.88 bits per heavy atom. The van der Waals surface area contributed by atoms with Crippen molar-refractivity contribution in [3.8, 4) is 11.4 Å². The van der Waals surface area contributed by atoms with Gasteiger partial charge in [0.05, 0.1) is 5.69 Å². The largest absolute Gasteiger partial charge is 0.249 e. The summed E-state index contributed by atoms with van der Waals surface area (Å²) in [5.74, 6) is 0.888. The van der Waals surface area contributed by atoms with Crippen molar-refractivity contribution in [3.63, 3.8) is 0 Å². The monoisotopic (exact) mass is 226 g/mol. The standard InChI is InChI=1S/C13H14N4/c1-9-5-4-6-11(7-9)13-15-16(3)12-8-10(2)14-17(12)13/h4-8H,1-3H3. The Hall–Kier alpha value is -2.10. The maximum absolute atomic E-state index is 4.52. The zero-order valence-corrected chi connectivity index (χ0v) is 10.2. The predicted octanol–water partition coefficient (Wildman–Crippen LogP) is 2.35. The molecule has 4 heteroatoms. The third-order valence-corrected chi connectivity index (χ3v) is 2.87. The van der Waals surface area contributed by atoms with Gasteiger partial charge in [0.25, 0.3) is 0 Å². The maximum atomic E-state index is 4.52. The van der Waals surface area contributed by atoms with Gasteiger partial charge in [-0.25, -0.2) is 4.68 Å². The Labute approximate surface area is 99.5 Å². The molecular weight excluding hydrogens is 212 g/mol. The summed E-state index contributed by atoms with van der Waals surface area (Å²) in [5.41, 5.74) is 4.34. The van der Waals surface area contributed by atoms with Gasteiger partial charge in [-0.05, 0) is 19.9 Å². The number of aromatic nitrogens is 4. The summed E-state index contributed by atoms with van der Waals surface area (Å²) in [6.07, 6.45) is 0. The first-order valence-electron chi connectivity index (χ1n) is 5.61. The van der Waals surface area contributed by atoms with Gasteiger partial charge in [-0.3, -0.25) is 0 Å². The van der Waals surface area contributed by atoms with Crippen LogP contribution in [0.1, 0.15) is 11.3 Å². The Balaban J connectivity index is 2.30. The van der Waals surface area contributed by atoms with Crippen LogP contribution in [0, 0.1) is 13.8 Å². The van der Waals surface area contributed by atoms with E-state index in [4.69, 9.17) is 0 Å². The number of fused-ring (bicyclic) bond motifs is 1. The van der Waals surface area contributed by atoms with Gasteiger partial charge in [-0.1, -0.05) is 23.8 Å². The van der Waals surface area contributed by atoms with Crippen LogP contribution in [0.4, 0.5) is 0 Å². The fraction of sp³-hybridized carbons (Fsp3) is 0.231. The lowest BCUT2D eigenvalue weighted by molar-refractivity contribution is 0.800. The number of rotatable bonds is 1. The fourth-order valence-corrected chi connectivity index (χ4v) is 2.07. The molecule has 0 atom stereocenters. The lowest BCUT2D eigenvalue weighted by atomic mass is 10.1. The van der Waals surface area contributed by atoms with Gasteiger partial charge in [-0.15, -0.1) is 0 Å². The van der Waals surface area contributed by atoms with Gasteiger partial charge in [-0.2, -0.15) is 14.7 Å². The zero-order valence-electron chi connectivity index (χ0n) is 10.2. The molecule has 17 heavy (non-hydrogen) atoms. The summed E-state index contributed by atoms with van der Waals surface area (Å²) in [5, 5.41) is 8.99. The number of nitrogens with zero attached hydrogens (tertiary/aromatic N) is 4. The van der Waals surface area contributed by atoms with E-state index in [0.29, 0.717) is 0 Å². The molecule has 3 aromatic rings. The van der Waals surface area contributed by atoms with Gasteiger partial charge < -0.3 is 0 Å². The molecule has 1 aromatic carbocycles. The Morgan fingerprint density at radius 3 is 2.65 bits per heavy atom. The third-order valence-electron chi connectivity index (χ3n) is 2.87. The molecule has 0 fully saturated rings. The molecule has 0 amide bonds. The molecular formula is C13H14N4. The van der Waals surface area contributed by atoms with E-state index in [2.05, 4.69) is 35.3 Å². The topological polar surface area (TPSA) is 35.1 Å². The highest BCUT2D eigenvalue weighted by Crippen LogP contribution is 2.20. The second-order valence-corrected chi connectivity index (χ2v) is 4.37. The molecule has 0 aliphatic carbocycles. The van der Waals surface area contributed by atoms with E-state index in [1.807, 2.05) is 35.3 Å². The minimum Gasteiger partial charge on any atom is -0.249 e. The summed E-state index contributed by atoms with van der Waals surface area (Å²) < 4.78 is 3.75. The lowest BCUT2D eigenvalue weighted by Crippen LogP contribution is -1.91. The van der Waals surface area contributed by atoms with Crippen LogP contribution < -0.4 is 0 Å². The van der Waals surface area contributed by atoms with E-state index in [-0.39, 0.29) is 0 Å². The molecule has 0 saturated heterocycles. The van der Waals surface area contributed by atoms with Crippen molar-refractivity contribution in [1.82, 2.24) is 19.4 Å². The SMILES string of the molecule is Cc1cccc(-c2nn(C)c3cc(C)nn23)c1. The van der Waals surface area contributed by atoms with E-state index in [0.717, 1.165) is 22.7 Å². The van der Waals surface area contributed by atoms with Crippen LogP contribution in [0.25, 0.3) is 17.0 Å². The maximum Gasteiger partial charge on any atom is 0.183 e. The van der Waals surface area contributed by atoms with Crippen LogP contribution in [0.15, 0.2) is 30.3 Å². The van der Waals surface area contributed by atoms with Crippen molar-refractivity contribution in [2.45, 2.75) is 13.8 Å². The molecule has 0 aliphatic heterocycles. The minimum absolute atomic E-state index is 0.888. The van der Waals surface area contributed by atoms with Crippen LogP contribution in [-0.4, -0.2) is 19.4 Å². The fourth-order valence-electron chi connectivity index (χ4n) is 2.07. The lowest BCUT2D eigenvalue weighted by Gasteiger charge is -1.98. The quantitative estimate of drug-likeness (QED) is 0.638. The Morgan fingerprint density at radius 1 is 1.06 bits per heavy atom. The number of aryl methyl sites for hydroxylation is 3. The smallest absolute Gasteiger partial charge is 0.183 e. The van der Waals surface area contributed by atoms with Crippen LogP contribution in [0.2, 0.25) is 0 Å². The van der Waals surface area contributed by atoms with Gasteiger partial charge in [0, 0.05) is 18.7 Å². The molecule has 0 bridgehead atoms. The summed E-state index contributed by atoms with van der Waals surface area (Å²) in [4.78, 5) is 0. The molecule has 0 unspecified atom stereocenters. The number of benzene rings is 1. The van der Waals surface area contributed by atoms with Gasteiger partial charge >= 0.3 is 0 Å². The molecule has 4 nitrogen and oxygen atoms in total. The van der Waals surface area contributed by atoms with Crippen molar-refractivity contribution < 1.29 is 0 Å². The van der Waals surface area contributed by atoms with Crippen molar-refractivity contribution in [2.75, 3.05) is 0 Å². The summed E-state index contributed by atoms with van der Waals surface area (Å²) in [6, 6.07) is 10.3. The van der Waals surface area contributed by atoms with Gasteiger partial charge in [0.2, 0.25) is 0 Å². The summed E-state index contributed by atoms with van der Waals surface area (Å²) in [7, 11) is 1.94. The first kappa shape index (κ1) is 10.1. The van der Waals surface area contributed by atoms with Crippen molar-refractivity contribution in [1.29, 1.82) is 0 Å². The average molecular weight is 226 g/mol. The molecule has 0 N–H and O–H groups in total. The van der Waals surface area contributed by atoms with Crippen LogP contribution >= 0.6 is 0 Å². The predicted molar refractivity (Wildman–Crippen MR) is 66.9 cm³/mol. The normalized spacial score (nSPS) is 11.2. The first-order valence-corrected chi connectivity index (χ1v) is 5.61. The Bertz CT molecular complexity index is 691. The van der Waals surface area contributed by atoms with Crippen LogP contribution in [0.5, 0.6) is 0 Å². The van der Waals surface area contributed by atoms with E-state index in [1.54, 1.807) is 0 Å². The highest BCUT2D eigenvalue weighted by atomic mass is 15.4. The molecule has 2 aromatic heterocycles. The zero-order chi connectivity index (χ0) is 12.0. The second-order valence-electron chi connectivity index (χ2n) is 4.37. The summed E-state index contributed by atoms with van der Waals surface area (Å²) >= 11 is 0. The number of hydrogen-bond donors (Lipinski definition) is 0. The summed E-state index contributed by atoms with van der Waals surface area (Å²) in [6.45, 7) is 4.07. The molecule has 0 aliphatic rings. The van der Waals surface area contributed by atoms with E-state index < -0.39 is 0 Å². The van der Waals surface area contributed by atoms with E-state index >= 15 is 0 Å². The Kier molecular flexibility index (Phi) is 2.04. The van der Waals surface area contributed by atoms with Crippen LogP contribution in [0.3, 0.4) is 0 Å². The highest BCUT2D eigenvalue weighted by molar-refractivity contribution is 5.60. The minimum atomic E-state index is 0.888. The third kappa shape index (κ3) is 1.53. The van der Waals surface area contributed by atoms with Gasteiger partial charge in [0.1, 0.15) is 0 Å². The second kappa shape index (κ2) is 3.45. The molecule has 0 saturated carbocycles. The van der Waals surface area contributed by atoms with Crippen molar-refractivity contribution >= 4 is 5.65 Å². The molecule has 2 heterocycles. The van der Waals surface area contributed by atoms with Crippen molar-refractivity contribution in [3.05, 3.63) is 41.6 Å². The average Bonchev–Trinajstić information content (AvgIpc) is 2.79. The van der Waals surface area contributed by atoms with Gasteiger partial charge in [0.15, 0.2) is 11.5 Å². The highest BCUT2D eigenvalue weighted by Gasteiger charge is 2.12. The van der Waals surface area contributed by atoms with Crippen LogP contribution in [-0.2, 0) is 7.05 Å². The number of hydrogen-bond acceptors (Lipinski definition) is 2. The van der Waals surface area contributed by atoms with Crippen molar-refractivity contribution in [2.24, 2.45) is 7.05 Å². The molecule has 0 spiro atoms. The molecule has 3 rings (SSSR count). The van der Waals surface area contributed by atoms with E-state index in [1.165, 1.54) is 5.56 Å². The molecule has 86 valence electrons.